The molecule has 0 unspecified atom stereocenters. The highest BCUT2D eigenvalue weighted by molar-refractivity contribution is 5.98. The first-order valence-corrected chi connectivity index (χ1v) is 7.30. The maximum Gasteiger partial charge on any atom is 0.270 e. The molecule has 20 heavy (non-hydrogen) atoms. The lowest BCUT2D eigenvalue weighted by Gasteiger charge is -2.26. The van der Waals surface area contributed by atoms with Crippen LogP contribution in [0.5, 0.6) is 0 Å². The van der Waals surface area contributed by atoms with Gasteiger partial charge in [-0.1, -0.05) is 0 Å². The Morgan fingerprint density at radius 3 is 2.65 bits per heavy atom. The van der Waals surface area contributed by atoms with Crippen LogP contribution in [-0.4, -0.2) is 40.8 Å². The molecule has 0 spiro atoms. The molecule has 1 aliphatic carbocycles. The van der Waals surface area contributed by atoms with Crippen LogP contribution in [0.25, 0.3) is 0 Å². The second-order valence-corrected chi connectivity index (χ2v) is 5.53. The molecule has 1 aromatic heterocycles. The van der Waals surface area contributed by atoms with Gasteiger partial charge in [-0.25, -0.2) is 0 Å². The molecule has 0 aromatic carbocycles. The van der Waals surface area contributed by atoms with E-state index in [1.165, 1.54) is 6.42 Å². The average molecular weight is 273 g/mol. The summed E-state index contributed by atoms with van der Waals surface area (Å²) in [6.07, 6.45) is 6.93. The molecular weight excluding hydrogens is 254 g/mol. The molecule has 0 atom stereocenters. The lowest BCUT2D eigenvalue weighted by atomic mass is 10.1. The first-order chi connectivity index (χ1) is 9.74. The Kier molecular flexibility index (Phi) is 3.67. The number of piperidine rings is 1. The molecule has 1 N–H and O–H groups in total. The van der Waals surface area contributed by atoms with Crippen LogP contribution in [-0.2, 0) is 0 Å². The SMILES string of the molecule is O=C(NC1CC1)c1cc(C(=O)N2CCCCC2)ccn1. The van der Waals surface area contributed by atoms with E-state index < -0.39 is 0 Å². The van der Waals surface area contributed by atoms with E-state index >= 15 is 0 Å². The summed E-state index contributed by atoms with van der Waals surface area (Å²) in [5.41, 5.74) is 0.891. The van der Waals surface area contributed by atoms with E-state index in [0.29, 0.717) is 17.3 Å². The minimum Gasteiger partial charge on any atom is -0.348 e. The highest BCUT2D eigenvalue weighted by Gasteiger charge is 2.25. The number of nitrogens with zero attached hydrogens (tertiary/aromatic N) is 2. The van der Waals surface area contributed by atoms with Gasteiger partial charge >= 0.3 is 0 Å². The quantitative estimate of drug-likeness (QED) is 0.910. The van der Waals surface area contributed by atoms with Crippen LogP contribution in [0.3, 0.4) is 0 Å². The van der Waals surface area contributed by atoms with E-state index in [-0.39, 0.29) is 11.8 Å². The molecule has 1 aliphatic heterocycles. The van der Waals surface area contributed by atoms with E-state index in [0.717, 1.165) is 38.8 Å². The number of carbonyl (C=O) groups is 2. The molecule has 106 valence electrons. The number of hydrogen-bond acceptors (Lipinski definition) is 3. The Morgan fingerprint density at radius 2 is 1.95 bits per heavy atom. The number of amides is 2. The number of aromatic nitrogens is 1. The first-order valence-electron chi connectivity index (χ1n) is 7.30. The van der Waals surface area contributed by atoms with Crippen molar-refractivity contribution in [1.29, 1.82) is 0 Å². The van der Waals surface area contributed by atoms with E-state index in [1.807, 2.05) is 4.90 Å². The number of likely N-dealkylation sites (tertiary alicyclic amines) is 1. The number of pyridine rings is 1. The monoisotopic (exact) mass is 273 g/mol. The van der Waals surface area contributed by atoms with Gasteiger partial charge in [-0.15, -0.1) is 0 Å². The third-order valence-corrected chi connectivity index (χ3v) is 3.80. The zero-order chi connectivity index (χ0) is 13.9. The highest BCUT2D eigenvalue weighted by atomic mass is 16.2. The largest absolute Gasteiger partial charge is 0.348 e. The number of rotatable bonds is 3. The number of carbonyl (C=O) groups excluding carboxylic acids is 2. The smallest absolute Gasteiger partial charge is 0.270 e. The molecule has 0 bridgehead atoms. The van der Waals surface area contributed by atoms with Gasteiger partial charge in [0.15, 0.2) is 0 Å². The Morgan fingerprint density at radius 1 is 1.20 bits per heavy atom. The van der Waals surface area contributed by atoms with Gasteiger partial charge in [-0.2, -0.15) is 0 Å². The minimum atomic E-state index is -0.180. The van der Waals surface area contributed by atoms with Gasteiger partial charge in [-0.3, -0.25) is 14.6 Å². The van der Waals surface area contributed by atoms with Crippen LogP contribution in [0, 0.1) is 0 Å². The summed E-state index contributed by atoms with van der Waals surface area (Å²) in [5, 5.41) is 2.89. The summed E-state index contributed by atoms with van der Waals surface area (Å²) in [6, 6.07) is 3.59. The van der Waals surface area contributed by atoms with Crippen molar-refractivity contribution in [2.24, 2.45) is 0 Å². The molecule has 2 aliphatic rings. The summed E-state index contributed by atoms with van der Waals surface area (Å²) < 4.78 is 0. The second-order valence-electron chi connectivity index (χ2n) is 5.53. The van der Waals surface area contributed by atoms with Gasteiger partial charge in [0.05, 0.1) is 0 Å². The highest BCUT2D eigenvalue weighted by Crippen LogP contribution is 2.19. The van der Waals surface area contributed by atoms with E-state index in [4.69, 9.17) is 0 Å². The normalized spacial score (nSPS) is 18.7. The fraction of sp³-hybridized carbons (Fsp3) is 0.533. The molecule has 3 rings (SSSR count). The zero-order valence-electron chi connectivity index (χ0n) is 11.5. The van der Waals surface area contributed by atoms with Crippen molar-refractivity contribution in [3.63, 3.8) is 0 Å². The molecule has 2 fully saturated rings. The third-order valence-electron chi connectivity index (χ3n) is 3.80. The van der Waals surface area contributed by atoms with Crippen molar-refractivity contribution in [3.8, 4) is 0 Å². The van der Waals surface area contributed by atoms with Crippen molar-refractivity contribution < 1.29 is 9.59 Å². The Bertz CT molecular complexity index is 520. The van der Waals surface area contributed by atoms with Gasteiger partial charge in [0.25, 0.3) is 11.8 Å². The van der Waals surface area contributed by atoms with Gasteiger partial charge in [-0.05, 0) is 44.2 Å². The van der Waals surface area contributed by atoms with Crippen LogP contribution in [0.1, 0.15) is 53.0 Å². The number of nitrogens with one attached hydrogen (secondary N) is 1. The average Bonchev–Trinajstić information content (AvgIpc) is 3.31. The molecule has 2 heterocycles. The molecule has 1 aromatic rings. The molecule has 1 saturated carbocycles. The Hall–Kier alpha value is -1.91. The molecule has 1 saturated heterocycles. The van der Waals surface area contributed by atoms with Crippen molar-refractivity contribution in [2.75, 3.05) is 13.1 Å². The van der Waals surface area contributed by atoms with Crippen molar-refractivity contribution in [1.82, 2.24) is 15.2 Å². The third kappa shape index (κ3) is 2.98. The van der Waals surface area contributed by atoms with Gasteiger partial charge < -0.3 is 10.2 Å². The van der Waals surface area contributed by atoms with Crippen LogP contribution in [0.4, 0.5) is 0 Å². The zero-order valence-corrected chi connectivity index (χ0v) is 11.5. The summed E-state index contributed by atoms with van der Waals surface area (Å²) in [6.45, 7) is 1.62. The standard InChI is InChI=1S/C15H19N3O2/c19-14(17-12-4-5-12)13-10-11(6-7-16-13)15(20)18-8-2-1-3-9-18/h6-7,10,12H,1-5,8-9H2,(H,17,19). The Labute approximate surface area is 118 Å². The van der Waals surface area contributed by atoms with Crippen LogP contribution >= 0.6 is 0 Å². The molecule has 5 heteroatoms. The lowest BCUT2D eigenvalue weighted by Crippen LogP contribution is -2.35. The van der Waals surface area contributed by atoms with Crippen molar-refractivity contribution in [3.05, 3.63) is 29.6 Å². The van der Waals surface area contributed by atoms with Crippen LogP contribution in [0.15, 0.2) is 18.3 Å². The summed E-state index contributed by atoms with van der Waals surface area (Å²) in [7, 11) is 0. The van der Waals surface area contributed by atoms with Crippen molar-refractivity contribution in [2.45, 2.75) is 38.1 Å². The van der Waals surface area contributed by atoms with Crippen molar-refractivity contribution >= 4 is 11.8 Å². The maximum absolute atomic E-state index is 12.4. The fourth-order valence-corrected chi connectivity index (χ4v) is 2.45. The minimum absolute atomic E-state index is 0.00701. The van der Waals surface area contributed by atoms with Gasteiger partial charge in [0.1, 0.15) is 5.69 Å². The summed E-state index contributed by atoms with van der Waals surface area (Å²) in [4.78, 5) is 30.3. The molecule has 0 radical (unpaired) electrons. The first kappa shape index (κ1) is 13.1. The summed E-state index contributed by atoms with van der Waals surface area (Å²) >= 11 is 0. The number of hydrogen-bond donors (Lipinski definition) is 1. The van der Waals surface area contributed by atoms with Crippen LogP contribution < -0.4 is 5.32 Å². The fourth-order valence-electron chi connectivity index (χ4n) is 2.45. The predicted octanol–water partition coefficient (Wildman–Crippen LogP) is 1.60. The van der Waals surface area contributed by atoms with Gasteiger partial charge in [0, 0.05) is 30.9 Å². The van der Waals surface area contributed by atoms with Gasteiger partial charge in [0.2, 0.25) is 0 Å². The summed E-state index contributed by atoms with van der Waals surface area (Å²) in [5.74, 6) is -0.173. The maximum atomic E-state index is 12.4. The Balaban J connectivity index is 1.72. The second kappa shape index (κ2) is 5.61. The molecular formula is C15H19N3O2. The van der Waals surface area contributed by atoms with E-state index in [1.54, 1.807) is 18.3 Å². The van der Waals surface area contributed by atoms with E-state index in [2.05, 4.69) is 10.3 Å². The predicted molar refractivity (Wildman–Crippen MR) is 74.5 cm³/mol. The lowest BCUT2D eigenvalue weighted by molar-refractivity contribution is 0.0724. The topological polar surface area (TPSA) is 62.3 Å². The van der Waals surface area contributed by atoms with E-state index in [9.17, 15) is 9.59 Å². The molecule has 5 nitrogen and oxygen atoms in total. The molecule has 2 amide bonds. The van der Waals surface area contributed by atoms with Crippen LogP contribution in [0.2, 0.25) is 0 Å².